The second-order valence-electron chi connectivity index (χ2n) is 8.27. The van der Waals surface area contributed by atoms with E-state index in [1.54, 1.807) is 19.2 Å². The minimum Gasteiger partial charge on any atom is -0.496 e. The maximum atomic E-state index is 13.8. The highest BCUT2D eigenvalue weighted by Gasteiger charge is 2.55. The Morgan fingerprint density at radius 3 is 2.52 bits per heavy atom. The number of alkyl halides is 3. The number of fused-ring (bicyclic) bond motifs is 1. The molecule has 8 heteroatoms. The summed E-state index contributed by atoms with van der Waals surface area (Å²) in [5.74, 6) is 0.657. The van der Waals surface area contributed by atoms with E-state index in [9.17, 15) is 13.2 Å². The molecule has 0 saturated carbocycles. The van der Waals surface area contributed by atoms with Crippen LogP contribution in [0, 0.1) is 0 Å². The van der Waals surface area contributed by atoms with Gasteiger partial charge in [0.15, 0.2) is 0 Å². The third kappa shape index (κ3) is 4.82. The van der Waals surface area contributed by atoms with Crippen molar-refractivity contribution in [1.29, 1.82) is 0 Å². The van der Waals surface area contributed by atoms with Gasteiger partial charge in [0, 0.05) is 24.2 Å². The molecule has 1 aliphatic heterocycles. The number of rotatable bonds is 5. The second kappa shape index (κ2) is 9.99. The van der Waals surface area contributed by atoms with Gasteiger partial charge in [-0.15, -0.1) is 24.8 Å². The third-order valence-corrected chi connectivity index (χ3v) is 6.56. The summed E-state index contributed by atoms with van der Waals surface area (Å²) in [4.78, 5) is 0. The standard InChI is InChI=1S/C23H27F3N2O.2ClH/c1-22(23(24,25)26)10-8-16-13-20(29-2)17(12-18(16)22)14-28-19-9-11-27-21(19)15-6-4-3-5-7-15;;/h3-7,12-13,19,21,27-28H,8-11,14H2,1-2H3;2*1H/t19-,21-,22?;;/m0../s1. The molecule has 1 aliphatic carbocycles. The Hall–Kier alpha value is -1.47. The van der Waals surface area contributed by atoms with E-state index >= 15 is 0 Å². The van der Waals surface area contributed by atoms with Gasteiger partial charge in [0.05, 0.1) is 12.5 Å². The van der Waals surface area contributed by atoms with Crippen LogP contribution in [-0.4, -0.2) is 25.9 Å². The van der Waals surface area contributed by atoms with Crippen molar-refractivity contribution < 1.29 is 17.9 Å². The fourth-order valence-electron chi connectivity index (χ4n) is 4.70. The van der Waals surface area contributed by atoms with Crippen LogP contribution in [-0.2, 0) is 18.4 Å². The van der Waals surface area contributed by atoms with Crippen molar-refractivity contribution >= 4 is 24.8 Å². The van der Waals surface area contributed by atoms with Gasteiger partial charge in [0.1, 0.15) is 5.75 Å². The predicted octanol–water partition coefficient (Wildman–Crippen LogP) is 5.50. The molecule has 0 amide bonds. The number of halogens is 5. The van der Waals surface area contributed by atoms with Gasteiger partial charge in [-0.2, -0.15) is 13.2 Å². The number of benzene rings is 2. The van der Waals surface area contributed by atoms with Gasteiger partial charge in [-0.05, 0) is 61.6 Å². The first-order chi connectivity index (χ1) is 13.8. The van der Waals surface area contributed by atoms with Crippen LogP contribution in [0.2, 0.25) is 0 Å². The van der Waals surface area contributed by atoms with Gasteiger partial charge >= 0.3 is 6.18 Å². The van der Waals surface area contributed by atoms with Crippen molar-refractivity contribution in [2.24, 2.45) is 0 Å². The molecule has 3 nitrogen and oxygen atoms in total. The second-order valence-corrected chi connectivity index (χ2v) is 8.27. The summed E-state index contributed by atoms with van der Waals surface area (Å²) in [6, 6.07) is 14.1. The van der Waals surface area contributed by atoms with Crippen LogP contribution in [0.4, 0.5) is 13.2 Å². The van der Waals surface area contributed by atoms with E-state index in [4.69, 9.17) is 4.74 Å². The highest BCUT2D eigenvalue weighted by molar-refractivity contribution is 5.85. The van der Waals surface area contributed by atoms with Crippen molar-refractivity contribution in [2.45, 2.75) is 56.4 Å². The third-order valence-electron chi connectivity index (χ3n) is 6.56. The summed E-state index contributed by atoms with van der Waals surface area (Å²) in [6.07, 6.45) is -2.77. The van der Waals surface area contributed by atoms with Crippen molar-refractivity contribution in [3.63, 3.8) is 0 Å². The number of nitrogens with one attached hydrogen (secondary N) is 2. The minimum absolute atomic E-state index is 0. The molecule has 2 aromatic rings. The van der Waals surface area contributed by atoms with E-state index in [1.165, 1.54) is 12.5 Å². The lowest BCUT2D eigenvalue weighted by Crippen LogP contribution is -2.37. The van der Waals surface area contributed by atoms with Crippen LogP contribution in [0.5, 0.6) is 5.75 Å². The van der Waals surface area contributed by atoms with Crippen molar-refractivity contribution in [3.8, 4) is 5.75 Å². The number of methoxy groups -OCH3 is 1. The Balaban J connectivity index is 0.00000171. The lowest BCUT2D eigenvalue weighted by atomic mass is 9.82. The van der Waals surface area contributed by atoms with Crippen molar-refractivity contribution in [1.82, 2.24) is 10.6 Å². The summed E-state index contributed by atoms with van der Waals surface area (Å²) in [6.45, 7) is 2.69. The number of aryl methyl sites for hydroxylation is 1. The molecular formula is C23H29Cl2F3N2O. The molecule has 1 heterocycles. The van der Waals surface area contributed by atoms with Crippen LogP contribution in [0.15, 0.2) is 42.5 Å². The number of hydrogen-bond donors (Lipinski definition) is 2. The molecular weight excluding hydrogens is 448 g/mol. The molecule has 1 fully saturated rings. The summed E-state index contributed by atoms with van der Waals surface area (Å²) in [7, 11) is 1.58. The van der Waals surface area contributed by atoms with Gasteiger partial charge < -0.3 is 15.4 Å². The van der Waals surface area contributed by atoms with E-state index in [0.717, 1.165) is 24.1 Å². The Morgan fingerprint density at radius 2 is 1.87 bits per heavy atom. The Morgan fingerprint density at radius 1 is 1.16 bits per heavy atom. The summed E-state index contributed by atoms with van der Waals surface area (Å²) in [5, 5.41) is 7.07. The van der Waals surface area contributed by atoms with E-state index < -0.39 is 11.6 Å². The Kier molecular flexibility index (Phi) is 8.31. The molecule has 2 N–H and O–H groups in total. The highest BCUT2D eigenvalue weighted by Crippen LogP contribution is 2.50. The maximum absolute atomic E-state index is 13.8. The molecule has 2 aliphatic rings. The highest BCUT2D eigenvalue weighted by atomic mass is 35.5. The lowest BCUT2D eigenvalue weighted by molar-refractivity contribution is -0.184. The number of ether oxygens (including phenoxy) is 1. The first-order valence-corrected chi connectivity index (χ1v) is 10.1. The first-order valence-electron chi connectivity index (χ1n) is 10.1. The molecule has 0 aromatic heterocycles. The molecule has 0 spiro atoms. The average molecular weight is 477 g/mol. The normalized spacial score (nSPS) is 24.8. The zero-order valence-corrected chi connectivity index (χ0v) is 19.2. The maximum Gasteiger partial charge on any atom is 0.398 e. The molecule has 3 atom stereocenters. The van der Waals surface area contributed by atoms with E-state index in [1.807, 2.05) is 18.2 Å². The predicted molar refractivity (Wildman–Crippen MR) is 122 cm³/mol. The zero-order chi connectivity index (χ0) is 20.6. The van der Waals surface area contributed by atoms with Crippen LogP contribution in [0.25, 0.3) is 0 Å². The topological polar surface area (TPSA) is 33.3 Å². The lowest BCUT2D eigenvalue weighted by Gasteiger charge is -2.29. The molecule has 0 bridgehead atoms. The Labute approximate surface area is 194 Å². The van der Waals surface area contributed by atoms with Crippen LogP contribution in [0.1, 0.15) is 48.1 Å². The smallest absolute Gasteiger partial charge is 0.398 e. The van der Waals surface area contributed by atoms with Crippen LogP contribution in [0.3, 0.4) is 0 Å². The minimum atomic E-state index is -4.26. The van der Waals surface area contributed by atoms with Crippen molar-refractivity contribution in [3.05, 3.63) is 64.7 Å². The summed E-state index contributed by atoms with van der Waals surface area (Å²) >= 11 is 0. The number of hydrogen-bond acceptors (Lipinski definition) is 3. The fourth-order valence-corrected chi connectivity index (χ4v) is 4.70. The Bertz CT molecular complexity index is 879. The van der Waals surface area contributed by atoms with Crippen LogP contribution < -0.4 is 15.4 Å². The molecule has 1 saturated heterocycles. The average Bonchev–Trinajstić information content (AvgIpc) is 3.31. The van der Waals surface area contributed by atoms with E-state index in [2.05, 4.69) is 22.8 Å². The van der Waals surface area contributed by atoms with Crippen molar-refractivity contribution in [2.75, 3.05) is 13.7 Å². The van der Waals surface area contributed by atoms with Gasteiger partial charge in [-0.1, -0.05) is 30.3 Å². The molecule has 2 aromatic carbocycles. The zero-order valence-electron chi connectivity index (χ0n) is 17.6. The molecule has 4 rings (SSSR count). The molecule has 0 radical (unpaired) electrons. The fraction of sp³-hybridized carbons (Fsp3) is 0.478. The summed E-state index contributed by atoms with van der Waals surface area (Å²) < 4.78 is 46.8. The molecule has 31 heavy (non-hydrogen) atoms. The monoisotopic (exact) mass is 476 g/mol. The van der Waals surface area contributed by atoms with Crippen LogP contribution >= 0.6 is 24.8 Å². The SMILES string of the molecule is COc1cc2c(cc1CN[C@H]1CCN[C@H]1c1ccccc1)C(C)(C(F)(F)F)CC2.Cl.Cl. The first kappa shape index (κ1) is 25.8. The quantitative estimate of drug-likeness (QED) is 0.597. The van der Waals surface area contributed by atoms with E-state index in [0.29, 0.717) is 24.3 Å². The van der Waals surface area contributed by atoms with E-state index in [-0.39, 0.29) is 43.3 Å². The van der Waals surface area contributed by atoms with Gasteiger partial charge in [0.25, 0.3) is 0 Å². The molecule has 1 unspecified atom stereocenters. The van der Waals surface area contributed by atoms with Gasteiger partial charge in [-0.25, -0.2) is 0 Å². The summed E-state index contributed by atoms with van der Waals surface area (Å²) in [5.41, 5.74) is 1.35. The largest absolute Gasteiger partial charge is 0.496 e. The van der Waals surface area contributed by atoms with Gasteiger partial charge in [0.2, 0.25) is 0 Å². The molecule has 172 valence electrons. The van der Waals surface area contributed by atoms with Gasteiger partial charge in [-0.3, -0.25) is 0 Å².